The molecule has 1 aromatic heterocycles. The highest BCUT2D eigenvalue weighted by Gasteiger charge is 2.38. The Morgan fingerprint density at radius 1 is 1.55 bits per heavy atom. The third-order valence-corrected chi connectivity index (χ3v) is 4.49. The Morgan fingerprint density at radius 3 is 3.05 bits per heavy atom. The molecule has 2 aliphatic rings. The monoisotopic (exact) mass is 278 g/mol. The van der Waals surface area contributed by atoms with Gasteiger partial charge in [0.2, 0.25) is 5.91 Å². The van der Waals surface area contributed by atoms with Gasteiger partial charge in [0.15, 0.2) is 0 Å². The van der Waals surface area contributed by atoms with Crippen LogP contribution in [0.4, 0.5) is 0 Å². The Labute approximate surface area is 119 Å². The highest BCUT2D eigenvalue weighted by Crippen LogP contribution is 2.30. The van der Waals surface area contributed by atoms with Crippen molar-refractivity contribution in [2.75, 3.05) is 33.4 Å². The fourth-order valence-electron chi connectivity index (χ4n) is 3.19. The highest BCUT2D eigenvalue weighted by atomic mass is 16.5. The fraction of sp³-hybridized carbons (Fsp3) is 0.714. The largest absolute Gasteiger partial charge is 0.379 e. The number of nitrogens with zero attached hydrogens (tertiary/aromatic N) is 3. The van der Waals surface area contributed by atoms with Gasteiger partial charge < -0.3 is 15.0 Å². The quantitative estimate of drug-likeness (QED) is 0.843. The van der Waals surface area contributed by atoms with Gasteiger partial charge in [-0.2, -0.15) is 5.10 Å². The van der Waals surface area contributed by atoms with E-state index >= 15 is 0 Å². The molecule has 6 nitrogen and oxygen atoms in total. The molecule has 0 saturated carbocycles. The number of amides is 1. The maximum atomic E-state index is 12.7. The number of carbonyl (C=O) groups is 1. The summed E-state index contributed by atoms with van der Waals surface area (Å²) in [5.74, 6) is 0.449. The molecule has 0 spiro atoms. The summed E-state index contributed by atoms with van der Waals surface area (Å²) in [6, 6.07) is 0.234. The van der Waals surface area contributed by atoms with Crippen LogP contribution in [0.15, 0.2) is 12.4 Å². The molecule has 1 N–H and O–H groups in total. The molecule has 3 heterocycles. The van der Waals surface area contributed by atoms with E-state index in [2.05, 4.69) is 10.4 Å². The van der Waals surface area contributed by atoms with Crippen molar-refractivity contribution >= 4 is 5.91 Å². The van der Waals surface area contributed by atoms with E-state index in [0.717, 1.165) is 31.7 Å². The normalized spacial score (nSPS) is 29.8. The number of carbonyl (C=O) groups excluding carboxylic acids is 1. The average molecular weight is 278 g/mol. The first-order valence-electron chi connectivity index (χ1n) is 7.20. The van der Waals surface area contributed by atoms with E-state index < -0.39 is 0 Å². The lowest BCUT2D eigenvalue weighted by atomic mass is 9.89. The molecule has 20 heavy (non-hydrogen) atoms. The minimum Gasteiger partial charge on any atom is -0.379 e. The molecule has 0 aliphatic carbocycles. The predicted octanol–water partition coefficient (Wildman–Crippen LogP) is -0.0296. The molecule has 2 saturated heterocycles. The van der Waals surface area contributed by atoms with Gasteiger partial charge in [0.25, 0.3) is 0 Å². The van der Waals surface area contributed by atoms with Crippen LogP contribution in [0.2, 0.25) is 0 Å². The number of hydrogen-bond donors (Lipinski definition) is 1. The summed E-state index contributed by atoms with van der Waals surface area (Å²) >= 11 is 0. The number of hydrogen-bond acceptors (Lipinski definition) is 4. The zero-order valence-corrected chi connectivity index (χ0v) is 12.1. The average Bonchev–Trinajstić information content (AvgIpc) is 3.17. The Hall–Kier alpha value is -1.40. The van der Waals surface area contributed by atoms with Gasteiger partial charge in [-0.15, -0.1) is 0 Å². The molecule has 0 radical (unpaired) electrons. The van der Waals surface area contributed by atoms with Crippen LogP contribution in [0.5, 0.6) is 0 Å². The van der Waals surface area contributed by atoms with Crippen molar-refractivity contribution in [1.29, 1.82) is 0 Å². The third kappa shape index (κ3) is 2.45. The molecule has 6 heteroatoms. The number of rotatable bonds is 3. The van der Waals surface area contributed by atoms with Crippen LogP contribution in [0.3, 0.4) is 0 Å². The maximum Gasteiger partial charge on any atom is 0.227 e. The Bertz CT molecular complexity index is 481. The topological polar surface area (TPSA) is 59.4 Å². The minimum atomic E-state index is 0.00444. The van der Waals surface area contributed by atoms with E-state index in [-0.39, 0.29) is 23.8 Å². The number of likely N-dealkylation sites (N-methyl/N-ethyl adjacent to an activating group) is 1. The lowest BCUT2D eigenvalue weighted by Gasteiger charge is -2.28. The lowest BCUT2D eigenvalue weighted by Crippen LogP contribution is -2.42. The molecule has 3 atom stereocenters. The molecular formula is C14H22N4O2. The molecule has 0 aromatic carbocycles. The van der Waals surface area contributed by atoms with Crippen molar-refractivity contribution in [2.24, 2.45) is 13.0 Å². The fourth-order valence-corrected chi connectivity index (χ4v) is 3.19. The van der Waals surface area contributed by atoms with Gasteiger partial charge in [0.05, 0.1) is 24.8 Å². The van der Waals surface area contributed by atoms with Crippen LogP contribution < -0.4 is 5.32 Å². The van der Waals surface area contributed by atoms with Crippen LogP contribution in [0.25, 0.3) is 0 Å². The SMILES string of the molecule is CN(C(=O)[C@H]1CNC[C@@H]1c1cnn(C)c1)C1CCOC1. The summed E-state index contributed by atoms with van der Waals surface area (Å²) in [7, 11) is 3.81. The second-order valence-corrected chi connectivity index (χ2v) is 5.79. The Balaban J connectivity index is 1.72. The molecule has 1 unspecified atom stereocenters. The first-order chi connectivity index (χ1) is 9.66. The van der Waals surface area contributed by atoms with Crippen molar-refractivity contribution in [1.82, 2.24) is 20.0 Å². The molecular weight excluding hydrogens is 256 g/mol. The van der Waals surface area contributed by atoms with E-state index in [4.69, 9.17) is 4.74 Å². The second kappa shape index (κ2) is 5.54. The van der Waals surface area contributed by atoms with Crippen LogP contribution in [-0.4, -0.2) is 60.0 Å². The molecule has 1 amide bonds. The van der Waals surface area contributed by atoms with Crippen molar-refractivity contribution in [3.8, 4) is 0 Å². The maximum absolute atomic E-state index is 12.7. The smallest absolute Gasteiger partial charge is 0.227 e. The van der Waals surface area contributed by atoms with Crippen molar-refractivity contribution in [3.63, 3.8) is 0 Å². The van der Waals surface area contributed by atoms with Gasteiger partial charge >= 0.3 is 0 Å². The standard InChI is InChI=1S/C14H22N4O2/c1-17-8-10(5-16-17)12-6-15-7-13(12)14(19)18(2)11-3-4-20-9-11/h5,8,11-13,15H,3-4,6-7,9H2,1-2H3/t11?,12-,13+/m1/s1. The Morgan fingerprint density at radius 2 is 2.40 bits per heavy atom. The van der Waals surface area contributed by atoms with E-state index in [9.17, 15) is 4.79 Å². The van der Waals surface area contributed by atoms with Crippen molar-refractivity contribution in [3.05, 3.63) is 18.0 Å². The minimum absolute atomic E-state index is 0.00444. The summed E-state index contributed by atoms with van der Waals surface area (Å²) < 4.78 is 7.18. The Kier molecular flexibility index (Phi) is 3.76. The zero-order chi connectivity index (χ0) is 14.1. The third-order valence-electron chi connectivity index (χ3n) is 4.49. The van der Waals surface area contributed by atoms with Crippen LogP contribution in [0.1, 0.15) is 17.9 Å². The molecule has 1 aromatic rings. The first kappa shape index (κ1) is 13.6. The summed E-state index contributed by atoms with van der Waals surface area (Å²) in [4.78, 5) is 14.6. The van der Waals surface area contributed by atoms with Crippen molar-refractivity contribution in [2.45, 2.75) is 18.4 Å². The van der Waals surface area contributed by atoms with Gasteiger partial charge in [-0.25, -0.2) is 0 Å². The number of aryl methyl sites for hydroxylation is 1. The van der Waals surface area contributed by atoms with Crippen LogP contribution >= 0.6 is 0 Å². The summed E-state index contributed by atoms with van der Waals surface area (Å²) in [6.45, 7) is 3.02. The summed E-state index contributed by atoms with van der Waals surface area (Å²) in [6.07, 6.45) is 4.83. The van der Waals surface area contributed by atoms with Gasteiger partial charge in [-0.05, 0) is 12.0 Å². The second-order valence-electron chi connectivity index (χ2n) is 5.79. The lowest BCUT2D eigenvalue weighted by molar-refractivity contribution is -0.136. The summed E-state index contributed by atoms with van der Waals surface area (Å²) in [5, 5.41) is 7.56. The molecule has 0 bridgehead atoms. The predicted molar refractivity (Wildman–Crippen MR) is 74.3 cm³/mol. The van der Waals surface area contributed by atoms with E-state index in [1.54, 1.807) is 4.68 Å². The van der Waals surface area contributed by atoms with Gasteiger partial charge in [-0.3, -0.25) is 9.48 Å². The zero-order valence-electron chi connectivity index (χ0n) is 12.1. The molecule has 2 fully saturated rings. The molecule has 2 aliphatic heterocycles. The number of nitrogens with one attached hydrogen (secondary N) is 1. The van der Waals surface area contributed by atoms with E-state index in [0.29, 0.717) is 6.61 Å². The number of ether oxygens (including phenoxy) is 1. The molecule has 110 valence electrons. The van der Waals surface area contributed by atoms with Crippen LogP contribution in [0, 0.1) is 5.92 Å². The number of aromatic nitrogens is 2. The molecule has 3 rings (SSSR count). The van der Waals surface area contributed by atoms with Gasteiger partial charge in [0.1, 0.15) is 0 Å². The first-order valence-corrected chi connectivity index (χ1v) is 7.20. The van der Waals surface area contributed by atoms with Crippen molar-refractivity contribution < 1.29 is 9.53 Å². The highest BCUT2D eigenvalue weighted by molar-refractivity contribution is 5.80. The van der Waals surface area contributed by atoms with Gasteiger partial charge in [-0.1, -0.05) is 0 Å². The van der Waals surface area contributed by atoms with E-state index in [1.165, 1.54) is 0 Å². The van der Waals surface area contributed by atoms with Gasteiger partial charge in [0, 0.05) is 45.9 Å². The van der Waals surface area contributed by atoms with E-state index in [1.807, 2.05) is 31.4 Å². The van der Waals surface area contributed by atoms with Crippen LogP contribution in [-0.2, 0) is 16.6 Å². The summed E-state index contributed by atoms with van der Waals surface area (Å²) in [5.41, 5.74) is 1.15.